The molecule has 1 saturated heterocycles. The van der Waals surface area contributed by atoms with Crippen LogP contribution in [0.3, 0.4) is 0 Å². The van der Waals surface area contributed by atoms with Crippen molar-refractivity contribution in [1.29, 1.82) is 5.41 Å². The van der Waals surface area contributed by atoms with E-state index in [9.17, 15) is 0 Å². The van der Waals surface area contributed by atoms with Gasteiger partial charge in [0.05, 0.1) is 18.1 Å². The van der Waals surface area contributed by atoms with Gasteiger partial charge in [0.2, 0.25) is 0 Å². The number of nitrogen functional groups attached to an aromatic ring is 1. The first-order valence-electron chi connectivity index (χ1n) is 5.95. The second-order valence-electron chi connectivity index (χ2n) is 4.31. The number of nitrogens with one attached hydrogen (secondary N) is 1. The van der Waals surface area contributed by atoms with Crippen LogP contribution in [0.4, 0.5) is 5.69 Å². The van der Waals surface area contributed by atoms with Crippen molar-refractivity contribution in [2.75, 3.05) is 31.2 Å². The van der Waals surface area contributed by atoms with E-state index >= 15 is 0 Å². The molecule has 2 aromatic rings. The van der Waals surface area contributed by atoms with E-state index in [1.807, 2.05) is 6.07 Å². The average molecular weight is 298 g/mol. The first-order chi connectivity index (χ1) is 8.75. The molecular formula is C13H16ClN3OS. The van der Waals surface area contributed by atoms with Crippen molar-refractivity contribution in [2.24, 2.45) is 5.73 Å². The highest BCUT2D eigenvalue weighted by atomic mass is 35.5. The number of nitrogens with two attached hydrogens (primary N) is 1. The lowest BCUT2D eigenvalue weighted by molar-refractivity contribution is 0.123. The summed E-state index contributed by atoms with van der Waals surface area (Å²) in [6, 6.07) is 8.29. The molecule has 1 aliphatic heterocycles. The molecule has 6 heteroatoms. The van der Waals surface area contributed by atoms with E-state index in [0.29, 0.717) is 0 Å². The topological polar surface area (TPSA) is 62.3 Å². The van der Waals surface area contributed by atoms with E-state index in [1.54, 1.807) is 11.3 Å². The molecular weight excluding hydrogens is 282 g/mol. The largest absolute Gasteiger partial charge is 0.383 e. The summed E-state index contributed by atoms with van der Waals surface area (Å²) in [5, 5.41) is 8.73. The van der Waals surface area contributed by atoms with Gasteiger partial charge in [0, 0.05) is 28.9 Å². The van der Waals surface area contributed by atoms with Gasteiger partial charge in [-0.1, -0.05) is 6.07 Å². The molecule has 19 heavy (non-hydrogen) atoms. The molecule has 1 aromatic carbocycles. The minimum absolute atomic E-state index is 0. The van der Waals surface area contributed by atoms with Crippen LogP contribution >= 0.6 is 23.7 Å². The van der Waals surface area contributed by atoms with Gasteiger partial charge in [-0.2, -0.15) is 0 Å². The van der Waals surface area contributed by atoms with Gasteiger partial charge in [-0.25, -0.2) is 0 Å². The molecule has 0 atom stereocenters. The monoisotopic (exact) mass is 297 g/mol. The number of ether oxygens (including phenoxy) is 1. The number of hydrogen-bond donors (Lipinski definition) is 2. The number of rotatable bonds is 2. The molecule has 1 aromatic heterocycles. The molecule has 0 radical (unpaired) electrons. The maximum Gasteiger partial charge on any atom is 0.133 e. The maximum absolute atomic E-state index is 7.54. The van der Waals surface area contributed by atoms with Crippen molar-refractivity contribution in [1.82, 2.24) is 0 Å². The van der Waals surface area contributed by atoms with Crippen LogP contribution in [0.25, 0.3) is 10.1 Å². The summed E-state index contributed by atoms with van der Waals surface area (Å²) >= 11 is 1.58. The Morgan fingerprint density at radius 1 is 1.32 bits per heavy atom. The lowest BCUT2D eigenvalue weighted by atomic mass is 10.2. The number of hydrogen-bond acceptors (Lipinski definition) is 4. The first-order valence-corrected chi connectivity index (χ1v) is 6.77. The van der Waals surface area contributed by atoms with Crippen molar-refractivity contribution in [3.05, 3.63) is 29.1 Å². The molecule has 0 spiro atoms. The highest BCUT2D eigenvalue weighted by Gasteiger charge is 2.15. The third kappa shape index (κ3) is 2.68. The zero-order chi connectivity index (χ0) is 12.5. The van der Waals surface area contributed by atoms with Gasteiger partial charge in [-0.05, 0) is 18.2 Å². The Morgan fingerprint density at radius 2 is 2.05 bits per heavy atom. The van der Waals surface area contributed by atoms with E-state index in [2.05, 4.69) is 23.1 Å². The van der Waals surface area contributed by atoms with Crippen molar-refractivity contribution in [3.8, 4) is 0 Å². The van der Waals surface area contributed by atoms with Crippen LogP contribution in [0.5, 0.6) is 0 Å². The number of thiophene rings is 1. The summed E-state index contributed by atoms with van der Waals surface area (Å²) in [4.78, 5) is 3.17. The Morgan fingerprint density at radius 3 is 2.74 bits per heavy atom. The lowest BCUT2D eigenvalue weighted by Gasteiger charge is -2.29. The fourth-order valence-electron chi connectivity index (χ4n) is 2.26. The number of anilines is 1. The molecule has 0 unspecified atom stereocenters. The van der Waals surface area contributed by atoms with Crippen LogP contribution in [0.2, 0.25) is 0 Å². The van der Waals surface area contributed by atoms with Crippen molar-refractivity contribution >= 4 is 45.4 Å². The maximum atomic E-state index is 7.54. The van der Waals surface area contributed by atoms with Crippen LogP contribution in [0, 0.1) is 5.41 Å². The molecule has 3 N–H and O–H groups in total. The molecule has 3 rings (SSSR count). The predicted octanol–water partition coefficient (Wildman–Crippen LogP) is 2.44. The quantitative estimate of drug-likeness (QED) is 0.661. The number of fused-ring (bicyclic) bond motifs is 1. The summed E-state index contributed by atoms with van der Waals surface area (Å²) in [5.41, 5.74) is 6.79. The zero-order valence-corrected chi connectivity index (χ0v) is 12.0. The van der Waals surface area contributed by atoms with Gasteiger partial charge in [-0.15, -0.1) is 23.7 Å². The number of halogens is 1. The van der Waals surface area contributed by atoms with Crippen LogP contribution in [0.15, 0.2) is 24.3 Å². The fourth-order valence-corrected chi connectivity index (χ4v) is 3.20. The number of nitrogens with zero attached hydrogens (tertiary/aromatic N) is 1. The molecule has 102 valence electrons. The SMILES string of the molecule is Cl.N=C(N)c1cc2c(N3CCOCC3)cccc2s1. The first kappa shape index (κ1) is 14.1. The lowest BCUT2D eigenvalue weighted by Crippen LogP contribution is -2.36. The van der Waals surface area contributed by atoms with Crippen molar-refractivity contribution in [3.63, 3.8) is 0 Å². The van der Waals surface area contributed by atoms with Gasteiger partial charge in [0.25, 0.3) is 0 Å². The second kappa shape index (κ2) is 5.77. The minimum Gasteiger partial charge on any atom is -0.383 e. The Hall–Kier alpha value is -1.30. The van der Waals surface area contributed by atoms with Gasteiger partial charge < -0.3 is 15.4 Å². The van der Waals surface area contributed by atoms with Gasteiger partial charge in [0.15, 0.2) is 0 Å². The second-order valence-corrected chi connectivity index (χ2v) is 5.40. The molecule has 0 saturated carbocycles. The summed E-state index contributed by atoms with van der Waals surface area (Å²) in [7, 11) is 0. The van der Waals surface area contributed by atoms with E-state index in [1.165, 1.54) is 15.8 Å². The molecule has 1 fully saturated rings. The Balaban J connectivity index is 0.00000133. The molecule has 0 bridgehead atoms. The Bertz CT molecular complexity index is 593. The predicted molar refractivity (Wildman–Crippen MR) is 83.1 cm³/mol. The molecule has 1 aliphatic rings. The van der Waals surface area contributed by atoms with E-state index in [4.69, 9.17) is 15.9 Å². The normalized spacial score (nSPS) is 15.3. The highest BCUT2D eigenvalue weighted by Crippen LogP contribution is 2.33. The molecule has 4 nitrogen and oxygen atoms in total. The Labute approximate surface area is 122 Å². The number of morpholine rings is 1. The van der Waals surface area contributed by atoms with Gasteiger partial charge in [-0.3, -0.25) is 5.41 Å². The van der Waals surface area contributed by atoms with E-state index < -0.39 is 0 Å². The molecule has 0 amide bonds. The fraction of sp³-hybridized carbons (Fsp3) is 0.308. The summed E-state index contributed by atoms with van der Waals surface area (Å²) in [6.45, 7) is 3.40. The summed E-state index contributed by atoms with van der Waals surface area (Å²) in [6.07, 6.45) is 0. The zero-order valence-electron chi connectivity index (χ0n) is 10.4. The smallest absolute Gasteiger partial charge is 0.133 e. The van der Waals surface area contributed by atoms with Crippen molar-refractivity contribution < 1.29 is 4.74 Å². The summed E-state index contributed by atoms with van der Waals surface area (Å²) in [5.74, 6) is 0.143. The molecule has 2 heterocycles. The number of amidine groups is 1. The summed E-state index contributed by atoms with van der Waals surface area (Å²) < 4.78 is 6.57. The Kier molecular flexibility index (Phi) is 4.29. The van der Waals surface area contributed by atoms with Crippen LogP contribution < -0.4 is 10.6 Å². The average Bonchev–Trinajstić information content (AvgIpc) is 2.83. The van der Waals surface area contributed by atoms with Crippen LogP contribution in [-0.2, 0) is 4.74 Å². The van der Waals surface area contributed by atoms with E-state index in [-0.39, 0.29) is 18.2 Å². The van der Waals surface area contributed by atoms with Crippen LogP contribution in [-0.4, -0.2) is 32.1 Å². The standard InChI is InChI=1S/C13H15N3OS.ClH/c14-13(15)12-8-9-10(2-1-3-11(9)18-12)16-4-6-17-7-5-16;/h1-3,8H,4-7H2,(H3,14,15);1H. The van der Waals surface area contributed by atoms with Gasteiger partial charge >= 0.3 is 0 Å². The number of benzene rings is 1. The van der Waals surface area contributed by atoms with E-state index in [0.717, 1.165) is 31.2 Å². The van der Waals surface area contributed by atoms with Crippen LogP contribution in [0.1, 0.15) is 4.88 Å². The third-order valence-corrected chi connectivity index (χ3v) is 4.29. The highest BCUT2D eigenvalue weighted by molar-refractivity contribution is 7.20. The van der Waals surface area contributed by atoms with Crippen molar-refractivity contribution in [2.45, 2.75) is 0 Å². The minimum atomic E-state index is 0. The molecule has 0 aliphatic carbocycles. The van der Waals surface area contributed by atoms with Gasteiger partial charge in [0.1, 0.15) is 5.84 Å². The third-order valence-electron chi connectivity index (χ3n) is 3.16.